The number of aryl methyl sites for hydroxylation is 1. The van der Waals surface area contributed by atoms with E-state index < -0.39 is 5.82 Å². The normalized spacial score (nSPS) is 16.4. The predicted molar refractivity (Wildman–Crippen MR) is 103 cm³/mol. The van der Waals surface area contributed by atoms with Crippen LogP contribution in [-0.4, -0.2) is 46.8 Å². The van der Waals surface area contributed by atoms with E-state index in [0.717, 1.165) is 24.3 Å². The number of carbonyl (C=O) groups excluding carboxylic acids is 1. The Hall–Kier alpha value is -2.41. The molecule has 27 heavy (non-hydrogen) atoms. The Bertz CT molecular complexity index is 804. The van der Waals surface area contributed by atoms with Crippen molar-refractivity contribution >= 4 is 23.4 Å². The lowest BCUT2D eigenvalue weighted by molar-refractivity contribution is 0.182. The molecule has 3 rings (SSSR count). The van der Waals surface area contributed by atoms with Gasteiger partial charge in [-0.15, -0.1) is 5.10 Å². The molecule has 2 amide bonds. The molecule has 8 heteroatoms. The number of anilines is 1. The van der Waals surface area contributed by atoms with Gasteiger partial charge in [0.05, 0.1) is 6.04 Å². The molecule has 0 spiro atoms. The van der Waals surface area contributed by atoms with Crippen LogP contribution < -0.4 is 10.2 Å². The number of nitrogens with one attached hydrogen (secondary N) is 1. The zero-order valence-electron chi connectivity index (χ0n) is 15.5. The lowest BCUT2D eigenvalue weighted by Crippen LogP contribution is -2.47. The number of hydrogen-bond acceptors (Lipinski definition) is 4. The van der Waals surface area contributed by atoms with Crippen LogP contribution in [0.3, 0.4) is 0 Å². The largest absolute Gasteiger partial charge is 0.353 e. The molecule has 144 valence electrons. The molecular weight excluding hydrogens is 369 g/mol. The van der Waals surface area contributed by atoms with E-state index in [1.807, 2.05) is 26.0 Å². The number of carbonyl (C=O) groups is 1. The maximum atomic E-state index is 14.0. The van der Waals surface area contributed by atoms with Gasteiger partial charge in [-0.25, -0.2) is 9.18 Å². The first kappa shape index (κ1) is 19.4. The van der Waals surface area contributed by atoms with Crippen LogP contribution in [0.15, 0.2) is 30.5 Å². The molecule has 1 aliphatic heterocycles. The highest BCUT2D eigenvalue weighted by Crippen LogP contribution is 2.22. The maximum Gasteiger partial charge on any atom is 0.317 e. The fourth-order valence-corrected chi connectivity index (χ4v) is 3.51. The summed E-state index contributed by atoms with van der Waals surface area (Å²) in [7, 11) is 0. The van der Waals surface area contributed by atoms with Gasteiger partial charge in [-0.1, -0.05) is 11.6 Å². The summed E-state index contributed by atoms with van der Waals surface area (Å²) in [4.78, 5) is 16.6. The average molecular weight is 392 g/mol. The van der Waals surface area contributed by atoms with Crippen LogP contribution in [0.2, 0.25) is 5.02 Å². The Morgan fingerprint density at radius 3 is 3.00 bits per heavy atom. The second-order valence-corrected chi connectivity index (χ2v) is 7.02. The van der Waals surface area contributed by atoms with Gasteiger partial charge in [0.2, 0.25) is 0 Å². The minimum atomic E-state index is -0.413. The summed E-state index contributed by atoms with van der Waals surface area (Å²) in [5, 5.41) is 11.2. The number of rotatable bonds is 5. The number of benzene rings is 1. The number of likely N-dealkylation sites (N-methyl/N-ethyl adjacent to an activating group) is 1. The van der Waals surface area contributed by atoms with Crippen molar-refractivity contribution in [3.05, 3.63) is 52.4 Å². The third-order valence-corrected chi connectivity index (χ3v) is 5.25. The van der Waals surface area contributed by atoms with Crippen molar-refractivity contribution in [3.8, 4) is 0 Å². The first-order valence-electron chi connectivity index (χ1n) is 9.01. The molecule has 1 saturated heterocycles. The predicted octanol–water partition coefficient (Wildman–Crippen LogP) is 3.39. The molecule has 0 unspecified atom stereocenters. The van der Waals surface area contributed by atoms with Crippen LogP contribution in [0.5, 0.6) is 0 Å². The van der Waals surface area contributed by atoms with Crippen molar-refractivity contribution in [3.63, 3.8) is 0 Å². The van der Waals surface area contributed by atoms with Gasteiger partial charge >= 0.3 is 6.03 Å². The van der Waals surface area contributed by atoms with Gasteiger partial charge < -0.3 is 15.1 Å². The van der Waals surface area contributed by atoms with Crippen molar-refractivity contribution < 1.29 is 9.18 Å². The zero-order chi connectivity index (χ0) is 19.4. The second kappa shape index (κ2) is 8.52. The Kier molecular flexibility index (Phi) is 6.11. The number of aromatic nitrogens is 2. The van der Waals surface area contributed by atoms with Crippen molar-refractivity contribution in [2.75, 3.05) is 24.5 Å². The van der Waals surface area contributed by atoms with Gasteiger partial charge in [-0.05, 0) is 50.1 Å². The lowest BCUT2D eigenvalue weighted by atomic mass is 10.1. The van der Waals surface area contributed by atoms with Gasteiger partial charge in [0.25, 0.3) is 0 Å². The van der Waals surface area contributed by atoms with Crippen LogP contribution >= 0.6 is 11.6 Å². The van der Waals surface area contributed by atoms with Crippen LogP contribution in [0, 0.1) is 12.7 Å². The molecule has 1 N–H and O–H groups in total. The summed E-state index contributed by atoms with van der Waals surface area (Å²) in [6, 6.07) is 6.59. The van der Waals surface area contributed by atoms with E-state index in [2.05, 4.69) is 20.4 Å². The number of nitrogens with zero attached hydrogens (tertiary/aromatic N) is 4. The topological polar surface area (TPSA) is 61.4 Å². The Morgan fingerprint density at radius 1 is 1.48 bits per heavy atom. The molecule has 2 heterocycles. The van der Waals surface area contributed by atoms with Crippen molar-refractivity contribution in [2.45, 2.75) is 32.9 Å². The Balaban J connectivity index is 1.61. The van der Waals surface area contributed by atoms with E-state index >= 15 is 0 Å². The minimum Gasteiger partial charge on any atom is -0.353 e. The zero-order valence-corrected chi connectivity index (χ0v) is 16.2. The molecule has 0 bridgehead atoms. The van der Waals surface area contributed by atoms with Crippen LogP contribution in [0.4, 0.5) is 15.0 Å². The van der Waals surface area contributed by atoms with Crippen molar-refractivity contribution in [1.82, 2.24) is 20.4 Å². The van der Waals surface area contributed by atoms with E-state index in [1.165, 1.54) is 6.07 Å². The molecule has 1 aromatic carbocycles. The summed E-state index contributed by atoms with van der Waals surface area (Å²) in [5.74, 6) is 0.402. The number of halogens is 2. The third-order valence-electron chi connectivity index (χ3n) is 4.85. The summed E-state index contributed by atoms with van der Waals surface area (Å²) in [5.41, 5.74) is 1.21. The fourth-order valence-electron chi connectivity index (χ4n) is 3.36. The Morgan fingerprint density at radius 2 is 2.30 bits per heavy atom. The number of hydrogen-bond donors (Lipinski definition) is 1. The summed E-state index contributed by atoms with van der Waals surface area (Å²) in [6.07, 6.45) is 2.49. The number of urea groups is 1. The van der Waals surface area contributed by atoms with Gasteiger partial charge in [-0.2, -0.15) is 5.10 Å². The SMILES string of the molecule is CCN(C(=O)NCc1cc(C)c(Cl)cc1F)[C@H]1CCN(c2cccnn2)C1. The molecule has 1 aliphatic rings. The van der Waals surface area contributed by atoms with Crippen LogP contribution in [-0.2, 0) is 6.54 Å². The standard InChI is InChI=1S/C19H23ClFN5O/c1-3-26(15-6-8-25(12-15)18-5-4-7-23-24-18)19(27)22-11-14-9-13(2)16(20)10-17(14)21/h4-5,7,9-10,15H,3,6,8,11-12H2,1-2H3,(H,22,27)/t15-/m0/s1. The first-order valence-corrected chi connectivity index (χ1v) is 9.39. The third kappa shape index (κ3) is 4.47. The van der Waals surface area contributed by atoms with Gasteiger partial charge in [0.1, 0.15) is 5.82 Å². The van der Waals surface area contributed by atoms with Crippen molar-refractivity contribution in [1.29, 1.82) is 0 Å². The quantitative estimate of drug-likeness (QED) is 0.848. The van der Waals surface area contributed by atoms with Gasteiger partial charge in [-0.3, -0.25) is 0 Å². The van der Waals surface area contributed by atoms with Crippen LogP contribution in [0.25, 0.3) is 0 Å². The fraction of sp³-hybridized carbons (Fsp3) is 0.421. The molecule has 0 radical (unpaired) electrons. The maximum absolute atomic E-state index is 14.0. The molecule has 0 saturated carbocycles. The molecule has 1 atom stereocenters. The summed E-state index contributed by atoms with van der Waals surface area (Å²) in [6.45, 7) is 5.97. The smallest absolute Gasteiger partial charge is 0.317 e. The molecule has 0 aliphatic carbocycles. The van der Waals surface area contributed by atoms with E-state index in [-0.39, 0.29) is 18.6 Å². The monoisotopic (exact) mass is 391 g/mol. The van der Waals surface area contributed by atoms with E-state index in [9.17, 15) is 9.18 Å². The summed E-state index contributed by atoms with van der Waals surface area (Å²) >= 11 is 5.92. The molecule has 2 aromatic rings. The van der Waals surface area contributed by atoms with Crippen molar-refractivity contribution in [2.24, 2.45) is 0 Å². The minimum absolute atomic E-state index is 0.0776. The van der Waals surface area contributed by atoms with E-state index in [4.69, 9.17) is 11.6 Å². The van der Waals surface area contributed by atoms with E-state index in [1.54, 1.807) is 17.2 Å². The second-order valence-electron chi connectivity index (χ2n) is 6.61. The van der Waals surface area contributed by atoms with Crippen LogP contribution in [0.1, 0.15) is 24.5 Å². The summed E-state index contributed by atoms with van der Waals surface area (Å²) < 4.78 is 14.0. The molecule has 1 aromatic heterocycles. The lowest BCUT2D eigenvalue weighted by Gasteiger charge is -2.28. The van der Waals surface area contributed by atoms with Gasteiger partial charge in [0, 0.05) is 43.0 Å². The highest BCUT2D eigenvalue weighted by atomic mass is 35.5. The highest BCUT2D eigenvalue weighted by molar-refractivity contribution is 6.31. The number of amides is 2. The van der Waals surface area contributed by atoms with E-state index in [0.29, 0.717) is 23.7 Å². The first-order chi connectivity index (χ1) is 13.0. The molecular formula is C19H23ClFN5O. The molecule has 1 fully saturated rings. The highest BCUT2D eigenvalue weighted by Gasteiger charge is 2.30. The van der Waals surface area contributed by atoms with Gasteiger partial charge in [0.15, 0.2) is 5.82 Å². The molecule has 6 nitrogen and oxygen atoms in total. The Labute approximate surface area is 163 Å². The average Bonchev–Trinajstić information content (AvgIpc) is 3.15.